The van der Waals surface area contributed by atoms with Gasteiger partial charge in [-0.15, -0.1) is 0 Å². The van der Waals surface area contributed by atoms with Crippen LogP contribution in [0.5, 0.6) is 11.5 Å². The Morgan fingerprint density at radius 2 is 2.22 bits per heavy atom. The highest BCUT2D eigenvalue weighted by molar-refractivity contribution is 5.46. The molecule has 1 aliphatic rings. The molecule has 1 fully saturated rings. The van der Waals surface area contributed by atoms with E-state index in [0.29, 0.717) is 6.10 Å². The van der Waals surface area contributed by atoms with Gasteiger partial charge in [0.15, 0.2) is 11.5 Å². The van der Waals surface area contributed by atoms with Crippen molar-refractivity contribution >= 4 is 0 Å². The molecule has 1 N–H and O–H groups in total. The van der Waals surface area contributed by atoms with Gasteiger partial charge in [-0.3, -0.25) is 0 Å². The molecule has 0 bridgehead atoms. The van der Waals surface area contributed by atoms with Crippen molar-refractivity contribution in [3.05, 3.63) is 23.8 Å². The van der Waals surface area contributed by atoms with E-state index in [1.54, 1.807) is 14.2 Å². The Bertz CT molecular complexity index is 375. The van der Waals surface area contributed by atoms with E-state index in [1.165, 1.54) is 6.42 Å². The van der Waals surface area contributed by atoms with Crippen LogP contribution in [0.4, 0.5) is 0 Å². The maximum absolute atomic E-state index is 5.57. The SMILES string of the molecule is COc1cccc(CNC[C@@H]2CCCO2)c1OC. The zero-order chi connectivity index (χ0) is 12.8. The highest BCUT2D eigenvalue weighted by Gasteiger charge is 2.15. The van der Waals surface area contributed by atoms with Gasteiger partial charge in [-0.05, 0) is 18.9 Å². The van der Waals surface area contributed by atoms with Crippen molar-refractivity contribution in [3.63, 3.8) is 0 Å². The Morgan fingerprint density at radius 1 is 1.33 bits per heavy atom. The molecule has 1 aromatic carbocycles. The number of hydrogen-bond donors (Lipinski definition) is 1. The van der Waals surface area contributed by atoms with Crippen molar-refractivity contribution in [3.8, 4) is 11.5 Å². The van der Waals surface area contributed by atoms with Crippen LogP contribution in [0.1, 0.15) is 18.4 Å². The van der Waals surface area contributed by atoms with Crippen LogP contribution < -0.4 is 14.8 Å². The van der Waals surface area contributed by atoms with Crippen molar-refractivity contribution in [2.45, 2.75) is 25.5 Å². The van der Waals surface area contributed by atoms with Gasteiger partial charge in [0.25, 0.3) is 0 Å². The molecule has 100 valence electrons. The minimum Gasteiger partial charge on any atom is -0.493 e. The smallest absolute Gasteiger partial charge is 0.165 e. The fourth-order valence-corrected chi connectivity index (χ4v) is 2.27. The van der Waals surface area contributed by atoms with Gasteiger partial charge in [-0.25, -0.2) is 0 Å². The third-order valence-corrected chi connectivity index (χ3v) is 3.20. The number of methoxy groups -OCH3 is 2. The predicted molar refractivity (Wildman–Crippen MR) is 70.2 cm³/mol. The molecular formula is C14H21NO3. The molecule has 1 saturated heterocycles. The summed E-state index contributed by atoms with van der Waals surface area (Å²) in [6.07, 6.45) is 2.69. The van der Waals surface area contributed by atoms with Gasteiger partial charge in [-0.1, -0.05) is 12.1 Å². The Labute approximate surface area is 108 Å². The molecule has 1 atom stereocenters. The number of benzene rings is 1. The lowest BCUT2D eigenvalue weighted by Crippen LogP contribution is -2.25. The summed E-state index contributed by atoms with van der Waals surface area (Å²) < 4.78 is 16.2. The molecule has 4 heteroatoms. The molecule has 0 amide bonds. The Morgan fingerprint density at radius 3 is 2.89 bits per heavy atom. The molecule has 0 spiro atoms. The largest absolute Gasteiger partial charge is 0.493 e. The standard InChI is InChI=1S/C14H21NO3/c1-16-13-7-3-5-11(14(13)17-2)9-15-10-12-6-4-8-18-12/h3,5,7,12,15H,4,6,8-10H2,1-2H3/t12-/m0/s1. The second-order valence-corrected chi connectivity index (χ2v) is 4.42. The summed E-state index contributed by atoms with van der Waals surface area (Å²) in [4.78, 5) is 0. The maximum Gasteiger partial charge on any atom is 0.165 e. The molecule has 0 saturated carbocycles. The monoisotopic (exact) mass is 251 g/mol. The number of nitrogens with one attached hydrogen (secondary N) is 1. The number of para-hydroxylation sites is 1. The van der Waals surface area contributed by atoms with Crippen molar-refractivity contribution in [2.24, 2.45) is 0 Å². The van der Waals surface area contributed by atoms with E-state index >= 15 is 0 Å². The van der Waals surface area contributed by atoms with E-state index in [0.717, 1.165) is 43.2 Å². The van der Waals surface area contributed by atoms with Crippen molar-refractivity contribution < 1.29 is 14.2 Å². The zero-order valence-corrected chi connectivity index (χ0v) is 11.1. The third-order valence-electron chi connectivity index (χ3n) is 3.20. The van der Waals surface area contributed by atoms with Crippen LogP contribution in [-0.2, 0) is 11.3 Å². The van der Waals surface area contributed by atoms with Crippen LogP contribution in [0.25, 0.3) is 0 Å². The van der Waals surface area contributed by atoms with Crippen molar-refractivity contribution in [1.82, 2.24) is 5.32 Å². The van der Waals surface area contributed by atoms with E-state index in [2.05, 4.69) is 5.32 Å². The molecular weight excluding hydrogens is 230 g/mol. The first-order valence-electron chi connectivity index (χ1n) is 6.37. The normalized spacial score (nSPS) is 18.9. The molecule has 0 aliphatic carbocycles. The topological polar surface area (TPSA) is 39.7 Å². The summed E-state index contributed by atoms with van der Waals surface area (Å²) in [6, 6.07) is 5.93. The van der Waals surface area contributed by atoms with Gasteiger partial charge in [0.05, 0.1) is 20.3 Å². The van der Waals surface area contributed by atoms with Gasteiger partial charge < -0.3 is 19.5 Å². The van der Waals surface area contributed by atoms with Crippen LogP contribution in [0.2, 0.25) is 0 Å². The Balaban J connectivity index is 1.91. The van der Waals surface area contributed by atoms with Crippen molar-refractivity contribution in [1.29, 1.82) is 0 Å². The molecule has 2 rings (SSSR count). The quantitative estimate of drug-likeness (QED) is 0.839. The summed E-state index contributed by atoms with van der Waals surface area (Å²) in [5.41, 5.74) is 1.11. The highest BCUT2D eigenvalue weighted by atomic mass is 16.5. The molecule has 18 heavy (non-hydrogen) atoms. The van der Waals surface area contributed by atoms with Crippen LogP contribution in [0.3, 0.4) is 0 Å². The maximum atomic E-state index is 5.57. The fraction of sp³-hybridized carbons (Fsp3) is 0.571. The number of ether oxygens (including phenoxy) is 3. The predicted octanol–water partition coefficient (Wildman–Crippen LogP) is 1.97. The lowest BCUT2D eigenvalue weighted by molar-refractivity contribution is 0.110. The molecule has 1 heterocycles. The van der Waals surface area contributed by atoms with Crippen molar-refractivity contribution in [2.75, 3.05) is 27.4 Å². The zero-order valence-electron chi connectivity index (χ0n) is 11.1. The average molecular weight is 251 g/mol. The Kier molecular flexibility index (Phi) is 4.84. The van der Waals surface area contributed by atoms with Gasteiger partial charge >= 0.3 is 0 Å². The molecule has 0 radical (unpaired) electrons. The fourth-order valence-electron chi connectivity index (χ4n) is 2.27. The lowest BCUT2D eigenvalue weighted by Gasteiger charge is -2.14. The van der Waals surface area contributed by atoms with Crippen LogP contribution in [0.15, 0.2) is 18.2 Å². The van der Waals surface area contributed by atoms with E-state index in [-0.39, 0.29) is 0 Å². The van der Waals surface area contributed by atoms with Crippen LogP contribution in [0, 0.1) is 0 Å². The second-order valence-electron chi connectivity index (χ2n) is 4.42. The second kappa shape index (κ2) is 6.61. The van der Waals surface area contributed by atoms with E-state index in [4.69, 9.17) is 14.2 Å². The van der Waals surface area contributed by atoms with E-state index in [9.17, 15) is 0 Å². The highest BCUT2D eigenvalue weighted by Crippen LogP contribution is 2.30. The van der Waals surface area contributed by atoms with E-state index in [1.807, 2.05) is 18.2 Å². The molecule has 4 nitrogen and oxygen atoms in total. The van der Waals surface area contributed by atoms with Gasteiger partial charge in [0, 0.05) is 25.3 Å². The number of hydrogen-bond acceptors (Lipinski definition) is 4. The van der Waals surface area contributed by atoms with Gasteiger partial charge in [0.1, 0.15) is 0 Å². The summed E-state index contributed by atoms with van der Waals surface area (Å²) in [5.74, 6) is 1.58. The Hall–Kier alpha value is -1.26. The summed E-state index contributed by atoms with van der Waals surface area (Å²) >= 11 is 0. The van der Waals surface area contributed by atoms with Crippen LogP contribution >= 0.6 is 0 Å². The molecule has 0 unspecified atom stereocenters. The molecule has 1 aromatic rings. The number of rotatable bonds is 6. The van der Waals surface area contributed by atoms with Crippen LogP contribution in [-0.4, -0.2) is 33.5 Å². The molecule has 0 aromatic heterocycles. The van der Waals surface area contributed by atoms with Gasteiger partial charge in [-0.2, -0.15) is 0 Å². The first kappa shape index (κ1) is 13.2. The summed E-state index contributed by atoms with van der Waals surface area (Å²) in [6.45, 7) is 2.55. The minimum absolute atomic E-state index is 0.363. The minimum atomic E-state index is 0.363. The third kappa shape index (κ3) is 3.15. The average Bonchev–Trinajstić information content (AvgIpc) is 2.91. The van der Waals surface area contributed by atoms with E-state index < -0.39 is 0 Å². The first-order valence-corrected chi connectivity index (χ1v) is 6.37. The lowest BCUT2D eigenvalue weighted by atomic mass is 10.1. The summed E-state index contributed by atoms with van der Waals surface area (Å²) in [7, 11) is 3.32. The van der Waals surface area contributed by atoms with Gasteiger partial charge in [0.2, 0.25) is 0 Å². The first-order chi connectivity index (χ1) is 8.85. The summed E-state index contributed by atoms with van der Waals surface area (Å²) in [5, 5.41) is 3.41. The molecule has 1 aliphatic heterocycles.